The second kappa shape index (κ2) is 12.0. The number of methoxy groups -OCH3 is 2. The van der Waals surface area contributed by atoms with E-state index in [1.165, 1.54) is 69.2 Å². The van der Waals surface area contributed by atoms with E-state index in [0.717, 1.165) is 6.07 Å². The molecule has 0 atom stereocenters. The molecule has 1 aromatic heterocycles. The first-order valence-electron chi connectivity index (χ1n) is 11.4. The number of ether oxygens (including phenoxy) is 3. The maximum Gasteiger partial charge on any atom is 0.379 e. The number of benzene rings is 3. The Morgan fingerprint density at radius 3 is 2.42 bits per heavy atom. The first-order valence-corrected chi connectivity index (χ1v) is 12.9. The highest BCUT2D eigenvalue weighted by Gasteiger charge is 2.22. The monoisotopic (exact) mass is 566 g/mol. The van der Waals surface area contributed by atoms with Crippen molar-refractivity contribution in [3.8, 4) is 17.2 Å². The average Bonchev–Trinajstić information content (AvgIpc) is 3.49. The SMILES string of the molecule is COc1ccc(NS(=O)(=O)c2ccc(N/N=C/c3ccc(OC(=O)c4ccco4)c(OC)c3)c([N+](=O)[O-])c2)cc1. The summed E-state index contributed by atoms with van der Waals surface area (Å²) in [5.41, 5.74) is 2.76. The number of sulfonamides is 1. The van der Waals surface area contributed by atoms with E-state index in [9.17, 15) is 23.3 Å². The lowest BCUT2D eigenvalue weighted by atomic mass is 10.2. The summed E-state index contributed by atoms with van der Waals surface area (Å²) in [6, 6.07) is 17.1. The van der Waals surface area contributed by atoms with Gasteiger partial charge in [0.15, 0.2) is 11.5 Å². The highest BCUT2D eigenvalue weighted by atomic mass is 32.2. The molecule has 4 rings (SSSR count). The normalized spacial score (nSPS) is 11.2. The number of esters is 1. The molecule has 0 saturated carbocycles. The molecule has 0 aliphatic heterocycles. The van der Waals surface area contributed by atoms with Gasteiger partial charge in [-0.3, -0.25) is 20.3 Å². The summed E-state index contributed by atoms with van der Waals surface area (Å²) in [5.74, 6) is 0.230. The Morgan fingerprint density at radius 2 is 1.77 bits per heavy atom. The molecule has 0 saturated heterocycles. The fourth-order valence-electron chi connectivity index (χ4n) is 3.37. The van der Waals surface area contributed by atoms with E-state index in [1.807, 2.05) is 0 Å². The maximum atomic E-state index is 12.8. The number of carbonyl (C=O) groups excluding carboxylic acids is 1. The van der Waals surface area contributed by atoms with Crippen LogP contribution in [0.3, 0.4) is 0 Å². The predicted molar refractivity (Wildman–Crippen MR) is 145 cm³/mol. The number of hydrazone groups is 1. The van der Waals surface area contributed by atoms with Crippen molar-refractivity contribution in [2.75, 3.05) is 24.4 Å². The van der Waals surface area contributed by atoms with Crippen molar-refractivity contribution in [1.82, 2.24) is 0 Å². The number of carbonyl (C=O) groups is 1. The Labute approximate surface area is 228 Å². The molecule has 13 nitrogen and oxygen atoms in total. The zero-order valence-corrected chi connectivity index (χ0v) is 21.9. The molecule has 206 valence electrons. The summed E-state index contributed by atoms with van der Waals surface area (Å²) in [5, 5.41) is 15.7. The van der Waals surface area contributed by atoms with Gasteiger partial charge in [0.25, 0.3) is 15.7 Å². The zero-order valence-electron chi connectivity index (χ0n) is 21.1. The van der Waals surface area contributed by atoms with Crippen LogP contribution >= 0.6 is 0 Å². The Balaban J connectivity index is 1.48. The molecule has 0 spiro atoms. The van der Waals surface area contributed by atoms with Gasteiger partial charge in [-0.15, -0.1) is 0 Å². The van der Waals surface area contributed by atoms with Crippen molar-refractivity contribution >= 4 is 39.3 Å². The smallest absolute Gasteiger partial charge is 0.379 e. The van der Waals surface area contributed by atoms with Gasteiger partial charge in [-0.1, -0.05) is 0 Å². The summed E-state index contributed by atoms with van der Waals surface area (Å²) < 4.78 is 48.6. The van der Waals surface area contributed by atoms with Crippen LogP contribution in [0.4, 0.5) is 17.1 Å². The molecule has 0 aliphatic carbocycles. The maximum absolute atomic E-state index is 12.8. The Kier molecular flexibility index (Phi) is 8.30. The van der Waals surface area contributed by atoms with Crippen molar-refractivity contribution in [1.29, 1.82) is 0 Å². The van der Waals surface area contributed by atoms with E-state index in [2.05, 4.69) is 15.2 Å². The highest BCUT2D eigenvalue weighted by molar-refractivity contribution is 7.92. The number of furan rings is 1. The van der Waals surface area contributed by atoms with Crippen LogP contribution in [0.25, 0.3) is 0 Å². The third kappa shape index (κ3) is 6.54. The van der Waals surface area contributed by atoms with E-state index in [4.69, 9.17) is 18.6 Å². The number of nitrogens with zero attached hydrogens (tertiary/aromatic N) is 2. The second-order valence-corrected chi connectivity index (χ2v) is 9.60. The third-order valence-electron chi connectivity index (χ3n) is 5.33. The molecule has 1 heterocycles. The Hall–Kier alpha value is -5.37. The number of hydrogen-bond donors (Lipinski definition) is 2. The van der Waals surface area contributed by atoms with Crippen molar-refractivity contribution in [3.05, 3.63) is 100 Å². The van der Waals surface area contributed by atoms with Gasteiger partial charge < -0.3 is 18.6 Å². The lowest BCUT2D eigenvalue weighted by Gasteiger charge is -2.10. The standard InChI is InChI=1S/C26H22N4O9S/c1-36-19-8-6-18(7-9-19)29-40(34,35)20-10-11-21(22(15-20)30(32)33)28-27-16-17-5-12-23(25(14-17)37-2)39-26(31)24-4-3-13-38-24/h3-16,28-29H,1-2H3/b27-16+. The van der Waals surface area contributed by atoms with Crippen LogP contribution in [0, 0.1) is 10.1 Å². The van der Waals surface area contributed by atoms with Gasteiger partial charge >= 0.3 is 5.97 Å². The highest BCUT2D eigenvalue weighted by Crippen LogP contribution is 2.30. The van der Waals surface area contributed by atoms with E-state index >= 15 is 0 Å². The largest absolute Gasteiger partial charge is 0.497 e. The molecule has 0 bridgehead atoms. The lowest BCUT2D eigenvalue weighted by molar-refractivity contribution is -0.384. The molecule has 3 aromatic carbocycles. The Morgan fingerprint density at radius 1 is 1.00 bits per heavy atom. The van der Waals surface area contributed by atoms with Crippen LogP contribution in [0.2, 0.25) is 0 Å². The fraction of sp³-hybridized carbons (Fsp3) is 0.0769. The van der Waals surface area contributed by atoms with Crippen LogP contribution < -0.4 is 24.4 Å². The third-order valence-corrected chi connectivity index (χ3v) is 6.71. The van der Waals surface area contributed by atoms with Gasteiger partial charge in [0.2, 0.25) is 5.76 Å². The number of nitrogens with one attached hydrogen (secondary N) is 2. The van der Waals surface area contributed by atoms with Crippen molar-refractivity contribution in [3.63, 3.8) is 0 Å². The minimum atomic E-state index is -4.12. The number of hydrogen-bond acceptors (Lipinski definition) is 11. The second-order valence-electron chi connectivity index (χ2n) is 7.92. The summed E-state index contributed by atoms with van der Waals surface area (Å²) in [6.45, 7) is 0. The van der Waals surface area contributed by atoms with Crippen LogP contribution in [0.1, 0.15) is 16.1 Å². The lowest BCUT2D eigenvalue weighted by Crippen LogP contribution is -2.13. The number of nitro groups is 1. The van der Waals surface area contributed by atoms with E-state index in [-0.39, 0.29) is 33.5 Å². The summed E-state index contributed by atoms with van der Waals surface area (Å²) in [6.07, 6.45) is 2.69. The average molecular weight is 567 g/mol. The van der Waals surface area contributed by atoms with Gasteiger partial charge in [-0.05, 0) is 72.3 Å². The van der Waals surface area contributed by atoms with Crippen molar-refractivity contribution in [2.24, 2.45) is 5.10 Å². The van der Waals surface area contributed by atoms with Crippen LogP contribution in [-0.4, -0.2) is 39.7 Å². The minimum Gasteiger partial charge on any atom is -0.497 e. The van der Waals surface area contributed by atoms with E-state index in [0.29, 0.717) is 11.3 Å². The topological polar surface area (TPSA) is 172 Å². The van der Waals surface area contributed by atoms with Crippen molar-refractivity contribution in [2.45, 2.75) is 4.90 Å². The van der Waals surface area contributed by atoms with Gasteiger partial charge in [-0.2, -0.15) is 5.10 Å². The molecular weight excluding hydrogens is 544 g/mol. The first kappa shape index (κ1) is 27.7. The summed E-state index contributed by atoms with van der Waals surface area (Å²) in [7, 11) is -1.25. The summed E-state index contributed by atoms with van der Waals surface area (Å²) >= 11 is 0. The van der Waals surface area contributed by atoms with E-state index < -0.39 is 26.6 Å². The van der Waals surface area contributed by atoms with Crippen LogP contribution in [-0.2, 0) is 10.0 Å². The molecular formula is C26H22N4O9S. The molecule has 0 unspecified atom stereocenters. The molecule has 14 heteroatoms. The molecule has 0 fully saturated rings. The molecule has 0 aliphatic rings. The van der Waals surface area contributed by atoms with Gasteiger partial charge in [0.1, 0.15) is 11.4 Å². The molecule has 4 aromatic rings. The fourth-order valence-corrected chi connectivity index (χ4v) is 4.45. The number of rotatable bonds is 11. The minimum absolute atomic E-state index is 0.0221. The Bertz CT molecular complexity index is 1650. The van der Waals surface area contributed by atoms with Crippen LogP contribution in [0.5, 0.6) is 17.2 Å². The zero-order chi connectivity index (χ0) is 28.7. The number of anilines is 2. The van der Waals surface area contributed by atoms with Crippen LogP contribution in [0.15, 0.2) is 93.5 Å². The number of nitro benzene ring substituents is 1. The van der Waals surface area contributed by atoms with Gasteiger partial charge in [0, 0.05) is 11.8 Å². The van der Waals surface area contributed by atoms with E-state index in [1.54, 1.807) is 24.3 Å². The molecule has 0 amide bonds. The molecule has 2 N–H and O–H groups in total. The predicted octanol–water partition coefficient (Wildman–Crippen LogP) is 4.67. The molecule has 0 radical (unpaired) electrons. The summed E-state index contributed by atoms with van der Waals surface area (Å²) in [4.78, 5) is 22.8. The first-order chi connectivity index (χ1) is 19.2. The van der Waals surface area contributed by atoms with Gasteiger partial charge in [0.05, 0.1) is 36.5 Å². The van der Waals surface area contributed by atoms with Crippen molar-refractivity contribution < 1.29 is 36.8 Å². The molecule has 40 heavy (non-hydrogen) atoms. The van der Waals surface area contributed by atoms with Gasteiger partial charge in [-0.25, -0.2) is 13.2 Å². The quantitative estimate of drug-likeness (QED) is 0.0854.